The van der Waals surface area contributed by atoms with E-state index in [1.165, 1.54) is 24.5 Å². The van der Waals surface area contributed by atoms with Gasteiger partial charge in [-0.3, -0.25) is 9.59 Å². The molecule has 1 N–H and O–H groups in total. The summed E-state index contributed by atoms with van der Waals surface area (Å²) in [7, 11) is 1.28. The molecule has 1 aliphatic heterocycles. The Labute approximate surface area is 189 Å². The largest absolute Gasteiger partial charge is 0.464 e. The van der Waals surface area contributed by atoms with E-state index < -0.39 is 5.97 Å². The van der Waals surface area contributed by atoms with Crippen LogP contribution in [0.3, 0.4) is 0 Å². The molecule has 5 rings (SSSR count). The van der Waals surface area contributed by atoms with Crippen LogP contribution in [-0.2, 0) is 11.2 Å². The second-order valence-corrected chi connectivity index (χ2v) is 8.89. The average molecular weight is 448 g/mol. The van der Waals surface area contributed by atoms with E-state index in [0.29, 0.717) is 23.9 Å². The molecule has 162 valence electrons. The smallest absolute Gasteiger partial charge is 0.356 e. The van der Waals surface area contributed by atoms with Crippen LogP contribution >= 0.6 is 11.3 Å². The molecule has 8 heteroatoms. The Morgan fingerprint density at radius 2 is 1.88 bits per heavy atom. The summed E-state index contributed by atoms with van der Waals surface area (Å²) in [5.41, 5.74) is 2.99. The van der Waals surface area contributed by atoms with Crippen LogP contribution < -0.4 is 10.2 Å². The van der Waals surface area contributed by atoms with Gasteiger partial charge in [-0.15, -0.1) is 11.3 Å². The fourth-order valence-corrected chi connectivity index (χ4v) is 4.96. The van der Waals surface area contributed by atoms with Crippen LogP contribution in [0, 0.1) is 0 Å². The van der Waals surface area contributed by atoms with Gasteiger partial charge in [-0.1, -0.05) is 24.3 Å². The zero-order valence-corrected chi connectivity index (χ0v) is 18.3. The number of carbonyl (C=O) groups excluding carboxylic acids is 3. The molecular formula is C24H21N3O4S. The van der Waals surface area contributed by atoms with Gasteiger partial charge in [-0.25, -0.2) is 9.78 Å². The number of rotatable bonds is 4. The van der Waals surface area contributed by atoms with Gasteiger partial charge >= 0.3 is 5.97 Å². The number of pyridine rings is 1. The molecule has 7 nitrogen and oxygen atoms in total. The summed E-state index contributed by atoms with van der Waals surface area (Å²) < 4.78 is 4.73. The molecule has 2 aromatic heterocycles. The molecule has 0 saturated heterocycles. The summed E-state index contributed by atoms with van der Waals surface area (Å²) in [6.07, 6.45) is 2.70. The molecule has 2 amide bonds. The maximum atomic E-state index is 13.4. The zero-order chi connectivity index (χ0) is 22.2. The summed E-state index contributed by atoms with van der Waals surface area (Å²) in [5, 5.41) is 3.05. The number of anilines is 1. The third kappa shape index (κ3) is 3.78. The van der Waals surface area contributed by atoms with Gasteiger partial charge in [0, 0.05) is 23.0 Å². The quantitative estimate of drug-likeness (QED) is 0.616. The van der Waals surface area contributed by atoms with Gasteiger partial charge in [0.2, 0.25) is 0 Å². The second kappa shape index (κ2) is 8.20. The first kappa shape index (κ1) is 20.4. The van der Waals surface area contributed by atoms with Crippen molar-refractivity contribution in [2.75, 3.05) is 18.6 Å². The molecule has 1 fully saturated rings. The number of esters is 1. The van der Waals surface area contributed by atoms with Crippen LogP contribution in [0.4, 0.5) is 5.69 Å². The van der Waals surface area contributed by atoms with E-state index in [9.17, 15) is 14.4 Å². The highest BCUT2D eigenvalue weighted by Gasteiger charge is 2.29. The maximum absolute atomic E-state index is 13.4. The van der Waals surface area contributed by atoms with Crippen LogP contribution in [0.2, 0.25) is 0 Å². The third-order valence-electron chi connectivity index (χ3n) is 5.60. The van der Waals surface area contributed by atoms with Crippen molar-refractivity contribution in [2.24, 2.45) is 0 Å². The van der Waals surface area contributed by atoms with E-state index in [-0.39, 0.29) is 23.2 Å². The number of nitrogens with one attached hydrogen (secondary N) is 1. The van der Waals surface area contributed by atoms with E-state index in [2.05, 4.69) is 10.3 Å². The first-order valence-electron chi connectivity index (χ1n) is 10.5. The number of fused-ring (bicyclic) bond motifs is 3. The fraction of sp³-hybridized carbons (Fsp3) is 0.250. The Kier molecular flexibility index (Phi) is 5.22. The van der Waals surface area contributed by atoms with E-state index in [1.54, 1.807) is 17.0 Å². The molecule has 3 aromatic rings. The monoisotopic (exact) mass is 447 g/mol. The molecule has 1 aromatic carbocycles. The number of para-hydroxylation sites is 1. The van der Waals surface area contributed by atoms with Gasteiger partial charge in [0.1, 0.15) is 11.4 Å². The number of methoxy groups -OCH3 is 1. The lowest BCUT2D eigenvalue weighted by Gasteiger charge is -2.22. The Bertz CT molecular complexity index is 1230. The second-order valence-electron chi connectivity index (χ2n) is 7.84. The molecule has 2 aliphatic rings. The zero-order valence-electron chi connectivity index (χ0n) is 17.5. The van der Waals surface area contributed by atoms with Crippen molar-refractivity contribution in [1.82, 2.24) is 10.3 Å². The van der Waals surface area contributed by atoms with E-state index in [0.717, 1.165) is 34.5 Å². The van der Waals surface area contributed by atoms with Crippen LogP contribution in [0.5, 0.6) is 0 Å². The lowest BCUT2D eigenvalue weighted by Crippen LogP contribution is -2.33. The number of hydrogen-bond acceptors (Lipinski definition) is 6. The van der Waals surface area contributed by atoms with Crippen molar-refractivity contribution < 1.29 is 19.1 Å². The van der Waals surface area contributed by atoms with E-state index in [1.807, 2.05) is 30.3 Å². The molecule has 3 heterocycles. The molecule has 0 unspecified atom stereocenters. The maximum Gasteiger partial charge on any atom is 0.356 e. The summed E-state index contributed by atoms with van der Waals surface area (Å²) in [6.45, 7) is 0.438. The Morgan fingerprint density at radius 3 is 2.66 bits per heavy atom. The van der Waals surface area contributed by atoms with Crippen molar-refractivity contribution in [3.8, 4) is 10.4 Å². The first-order valence-corrected chi connectivity index (χ1v) is 11.3. The summed E-state index contributed by atoms with van der Waals surface area (Å²) in [6, 6.07) is 14.7. The number of thiophene rings is 1. The number of amides is 2. The molecule has 32 heavy (non-hydrogen) atoms. The third-order valence-corrected chi connectivity index (χ3v) is 6.81. The fourth-order valence-electron chi connectivity index (χ4n) is 3.81. The Hall–Kier alpha value is -3.52. The minimum absolute atomic E-state index is 0.0280. The predicted molar refractivity (Wildman–Crippen MR) is 121 cm³/mol. The molecular weight excluding hydrogens is 426 g/mol. The lowest BCUT2D eigenvalue weighted by molar-refractivity contribution is 0.0593. The standard InChI is InChI=1S/C24H21N3O4S/c1-31-24(30)18-7-4-6-17(26-18)23(29)27-12-11-14-13-20(22(28)25-15-9-10-15)32-21(14)16-5-2-3-8-19(16)27/h2-8,13,15H,9-12H2,1H3,(H,25,28). The minimum atomic E-state index is -0.588. The van der Waals surface area contributed by atoms with Gasteiger partial charge in [-0.2, -0.15) is 0 Å². The summed E-state index contributed by atoms with van der Waals surface area (Å²) >= 11 is 1.46. The van der Waals surface area contributed by atoms with Gasteiger partial charge in [0.05, 0.1) is 17.7 Å². The highest BCUT2D eigenvalue weighted by atomic mass is 32.1. The van der Waals surface area contributed by atoms with Crippen molar-refractivity contribution in [3.05, 3.63) is 70.4 Å². The normalized spacial score (nSPS) is 14.7. The topological polar surface area (TPSA) is 88.6 Å². The number of hydrogen-bond donors (Lipinski definition) is 1. The van der Waals surface area contributed by atoms with E-state index >= 15 is 0 Å². The molecule has 0 bridgehead atoms. The van der Waals surface area contributed by atoms with Crippen LogP contribution in [0.25, 0.3) is 10.4 Å². The van der Waals surface area contributed by atoms with Crippen molar-refractivity contribution in [2.45, 2.75) is 25.3 Å². The molecule has 0 atom stereocenters. The van der Waals surface area contributed by atoms with Gasteiger partial charge in [0.15, 0.2) is 0 Å². The summed E-state index contributed by atoms with van der Waals surface area (Å²) in [4.78, 5) is 45.4. The molecule has 1 aliphatic carbocycles. The molecule has 0 radical (unpaired) electrons. The van der Waals surface area contributed by atoms with Gasteiger partial charge in [-0.05, 0) is 49.1 Å². The Balaban J connectivity index is 1.49. The number of benzene rings is 1. The van der Waals surface area contributed by atoms with Crippen molar-refractivity contribution >= 4 is 34.8 Å². The highest BCUT2D eigenvalue weighted by Crippen LogP contribution is 2.41. The van der Waals surface area contributed by atoms with E-state index in [4.69, 9.17) is 4.74 Å². The average Bonchev–Trinajstić information content (AvgIpc) is 3.57. The van der Waals surface area contributed by atoms with Gasteiger partial charge < -0.3 is 15.0 Å². The lowest BCUT2D eigenvalue weighted by atomic mass is 10.1. The van der Waals surface area contributed by atoms with Crippen LogP contribution in [-0.4, -0.2) is 42.5 Å². The first-order chi connectivity index (χ1) is 15.5. The Morgan fingerprint density at radius 1 is 1.09 bits per heavy atom. The predicted octanol–water partition coefficient (Wildman–Crippen LogP) is 3.69. The number of carbonyl (C=O) groups is 3. The minimum Gasteiger partial charge on any atom is -0.464 e. The highest BCUT2D eigenvalue weighted by molar-refractivity contribution is 7.17. The number of nitrogens with zero attached hydrogens (tertiary/aromatic N) is 2. The number of ether oxygens (including phenoxy) is 1. The molecule has 0 spiro atoms. The van der Waals surface area contributed by atoms with Crippen molar-refractivity contribution in [3.63, 3.8) is 0 Å². The van der Waals surface area contributed by atoms with Crippen molar-refractivity contribution in [1.29, 1.82) is 0 Å². The van der Waals surface area contributed by atoms with Crippen LogP contribution in [0.1, 0.15) is 49.1 Å². The van der Waals surface area contributed by atoms with Crippen LogP contribution in [0.15, 0.2) is 48.5 Å². The molecule has 1 saturated carbocycles. The number of aromatic nitrogens is 1. The SMILES string of the molecule is COC(=O)c1cccc(C(=O)N2CCc3cc(C(=O)NC4CC4)sc3-c3ccccc32)n1. The van der Waals surface area contributed by atoms with Gasteiger partial charge in [0.25, 0.3) is 11.8 Å². The summed E-state index contributed by atoms with van der Waals surface area (Å²) in [5.74, 6) is -0.903.